The molecule has 0 bridgehead atoms. The molecule has 2 rings (SSSR count). The molecular formula is C14H13BrN2O5. The molecule has 1 aromatic rings. The third kappa shape index (κ3) is 3.18. The number of benzene rings is 1. The summed E-state index contributed by atoms with van der Waals surface area (Å²) in [5.74, 6) is -1.55. The molecule has 1 aliphatic rings. The van der Waals surface area contributed by atoms with Gasteiger partial charge in [0, 0.05) is 16.2 Å². The summed E-state index contributed by atoms with van der Waals surface area (Å²) in [4.78, 5) is 36.2. The number of anilines is 1. The Labute approximate surface area is 134 Å². The molecule has 0 aromatic heterocycles. The van der Waals surface area contributed by atoms with E-state index in [1.807, 2.05) is 0 Å². The molecule has 116 valence electrons. The maximum Gasteiger partial charge on any atom is 0.339 e. The van der Waals surface area contributed by atoms with Gasteiger partial charge in [0.15, 0.2) is 0 Å². The van der Waals surface area contributed by atoms with Crippen molar-refractivity contribution in [2.45, 2.75) is 0 Å². The molecule has 8 heteroatoms. The Morgan fingerprint density at radius 2 is 2.14 bits per heavy atom. The topological polar surface area (TPSA) is 95.9 Å². The average molecular weight is 369 g/mol. The van der Waals surface area contributed by atoms with Crippen molar-refractivity contribution in [3.8, 4) is 0 Å². The number of rotatable bonds is 5. The third-order valence-electron chi connectivity index (χ3n) is 2.98. The monoisotopic (exact) mass is 368 g/mol. The van der Waals surface area contributed by atoms with Crippen LogP contribution in [0.25, 0.3) is 0 Å². The van der Waals surface area contributed by atoms with Gasteiger partial charge in [-0.3, -0.25) is 14.5 Å². The standard InChI is InChI=1S/C14H13BrN2O5/c1-22-14(21)9-6-8(2-3-10(9)15)16-11-7-12(19)17(4-5-18)13(11)20/h2-3,6-7,16,18H,4-5H2,1H3. The number of amides is 2. The smallest absolute Gasteiger partial charge is 0.339 e. The van der Waals surface area contributed by atoms with E-state index in [4.69, 9.17) is 5.11 Å². The lowest BCUT2D eigenvalue weighted by molar-refractivity contribution is -0.137. The summed E-state index contributed by atoms with van der Waals surface area (Å²) in [5, 5.41) is 11.6. The van der Waals surface area contributed by atoms with Gasteiger partial charge in [0.2, 0.25) is 0 Å². The Bertz CT molecular complexity index is 671. The third-order valence-corrected chi connectivity index (χ3v) is 3.68. The van der Waals surface area contributed by atoms with Gasteiger partial charge >= 0.3 is 5.97 Å². The number of β-amino-alcohol motifs (C(OH)–C–C–N with tert-alkyl or cyclic N) is 1. The van der Waals surface area contributed by atoms with Crippen LogP contribution in [0.5, 0.6) is 0 Å². The minimum Gasteiger partial charge on any atom is -0.465 e. The summed E-state index contributed by atoms with van der Waals surface area (Å²) < 4.78 is 5.21. The van der Waals surface area contributed by atoms with Crippen LogP contribution in [0.15, 0.2) is 34.4 Å². The molecule has 0 spiro atoms. The van der Waals surface area contributed by atoms with Crippen molar-refractivity contribution in [3.63, 3.8) is 0 Å². The predicted octanol–water partition coefficient (Wildman–Crippen LogP) is 0.893. The first-order chi connectivity index (χ1) is 10.5. The van der Waals surface area contributed by atoms with Crippen molar-refractivity contribution in [1.82, 2.24) is 4.90 Å². The number of carbonyl (C=O) groups excluding carboxylic acids is 3. The maximum absolute atomic E-state index is 12.0. The lowest BCUT2D eigenvalue weighted by atomic mass is 10.2. The summed E-state index contributed by atoms with van der Waals surface area (Å²) in [7, 11) is 1.27. The second-order valence-corrected chi connectivity index (χ2v) is 5.24. The van der Waals surface area contributed by atoms with Crippen LogP contribution in [0.3, 0.4) is 0 Å². The fourth-order valence-electron chi connectivity index (χ4n) is 1.93. The molecule has 2 amide bonds. The van der Waals surface area contributed by atoms with E-state index in [1.165, 1.54) is 13.2 Å². The quantitative estimate of drug-likeness (QED) is 0.591. The zero-order chi connectivity index (χ0) is 16.3. The first kappa shape index (κ1) is 16.2. The molecule has 1 heterocycles. The van der Waals surface area contributed by atoms with Crippen molar-refractivity contribution < 1.29 is 24.2 Å². The number of hydrogen-bond acceptors (Lipinski definition) is 6. The summed E-state index contributed by atoms with van der Waals surface area (Å²) in [5.41, 5.74) is 0.829. The van der Waals surface area contributed by atoms with Crippen molar-refractivity contribution in [2.75, 3.05) is 25.6 Å². The van der Waals surface area contributed by atoms with E-state index < -0.39 is 17.8 Å². The number of imide groups is 1. The molecule has 0 atom stereocenters. The normalized spacial score (nSPS) is 14.1. The zero-order valence-electron chi connectivity index (χ0n) is 11.6. The first-order valence-electron chi connectivity index (χ1n) is 6.31. The predicted molar refractivity (Wildman–Crippen MR) is 81.0 cm³/mol. The highest BCUT2D eigenvalue weighted by atomic mass is 79.9. The molecule has 1 aromatic carbocycles. The van der Waals surface area contributed by atoms with Crippen LogP contribution in [-0.2, 0) is 14.3 Å². The minimum atomic E-state index is -0.528. The second-order valence-electron chi connectivity index (χ2n) is 4.39. The second kappa shape index (κ2) is 6.71. The zero-order valence-corrected chi connectivity index (χ0v) is 13.2. The van der Waals surface area contributed by atoms with Gasteiger partial charge in [-0.05, 0) is 34.1 Å². The number of halogens is 1. The Morgan fingerprint density at radius 3 is 2.77 bits per heavy atom. The SMILES string of the molecule is COC(=O)c1cc(NC2=CC(=O)N(CCO)C2=O)ccc1Br. The summed E-state index contributed by atoms with van der Waals surface area (Å²) in [6, 6.07) is 4.77. The fourth-order valence-corrected chi connectivity index (χ4v) is 2.34. The van der Waals surface area contributed by atoms with Crippen LogP contribution in [0, 0.1) is 0 Å². The van der Waals surface area contributed by atoms with Crippen molar-refractivity contribution >= 4 is 39.4 Å². The van der Waals surface area contributed by atoms with Gasteiger partial charge in [0.25, 0.3) is 11.8 Å². The first-order valence-corrected chi connectivity index (χ1v) is 7.10. The van der Waals surface area contributed by atoms with Gasteiger partial charge < -0.3 is 15.2 Å². The van der Waals surface area contributed by atoms with Gasteiger partial charge in [-0.2, -0.15) is 0 Å². The molecule has 0 unspecified atom stereocenters. The van der Waals surface area contributed by atoms with Crippen LogP contribution in [0.1, 0.15) is 10.4 Å². The molecule has 7 nitrogen and oxygen atoms in total. The number of carbonyl (C=O) groups is 3. The van der Waals surface area contributed by atoms with E-state index in [1.54, 1.807) is 12.1 Å². The van der Waals surface area contributed by atoms with Gasteiger partial charge in [-0.25, -0.2) is 4.79 Å². The van der Waals surface area contributed by atoms with E-state index in [0.29, 0.717) is 10.2 Å². The summed E-state index contributed by atoms with van der Waals surface area (Å²) >= 11 is 3.24. The van der Waals surface area contributed by atoms with Gasteiger partial charge in [0.05, 0.1) is 25.8 Å². The molecule has 0 saturated heterocycles. The number of nitrogens with one attached hydrogen (secondary N) is 1. The summed E-state index contributed by atoms with van der Waals surface area (Å²) in [6.45, 7) is -0.365. The van der Waals surface area contributed by atoms with Crippen LogP contribution >= 0.6 is 15.9 Å². The van der Waals surface area contributed by atoms with Crippen LogP contribution in [0.2, 0.25) is 0 Å². The number of aliphatic hydroxyl groups is 1. The average Bonchev–Trinajstić information content (AvgIpc) is 2.76. The van der Waals surface area contributed by atoms with E-state index in [-0.39, 0.29) is 24.4 Å². The molecule has 0 radical (unpaired) electrons. The highest BCUT2D eigenvalue weighted by Crippen LogP contribution is 2.24. The van der Waals surface area contributed by atoms with Gasteiger partial charge in [0.1, 0.15) is 5.70 Å². The number of aliphatic hydroxyl groups excluding tert-OH is 1. The van der Waals surface area contributed by atoms with Crippen molar-refractivity contribution in [1.29, 1.82) is 0 Å². The van der Waals surface area contributed by atoms with Crippen LogP contribution in [0.4, 0.5) is 5.69 Å². The molecule has 0 aliphatic carbocycles. The highest BCUT2D eigenvalue weighted by Gasteiger charge is 2.30. The Morgan fingerprint density at radius 1 is 1.41 bits per heavy atom. The van der Waals surface area contributed by atoms with Crippen LogP contribution < -0.4 is 5.32 Å². The number of esters is 1. The van der Waals surface area contributed by atoms with E-state index in [9.17, 15) is 14.4 Å². The molecule has 22 heavy (non-hydrogen) atoms. The Kier molecular flexibility index (Phi) is 4.94. The van der Waals surface area contributed by atoms with E-state index in [2.05, 4.69) is 26.0 Å². The Balaban J connectivity index is 2.22. The van der Waals surface area contributed by atoms with Crippen molar-refractivity contribution in [3.05, 3.63) is 40.0 Å². The maximum atomic E-state index is 12.0. The number of nitrogens with zero attached hydrogens (tertiary/aromatic N) is 1. The van der Waals surface area contributed by atoms with E-state index in [0.717, 1.165) is 11.0 Å². The minimum absolute atomic E-state index is 0.0624. The van der Waals surface area contributed by atoms with Gasteiger partial charge in [-0.15, -0.1) is 0 Å². The molecular weight excluding hydrogens is 356 g/mol. The molecule has 0 saturated carbocycles. The fraction of sp³-hybridized carbons (Fsp3) is 0.214. The van der Waals surface area contributed by atoms with E-state index >= 15 is 0 Å². The molecule has 2 N–H and O–H groups in total. The molecule has 1 aliphatic heterocycles. The largest absolute Gasteiger partial charge is 0.465 e. The summed E-state index contributed by atoms with van der Waals surface area (Å²) in [6.07, 6.45) is 1.15. The lowest BCUT2D eigenvalue weighted by Gasteiger charge is -2.13. The van der Waals surface area contributed by atoms with Crippen molar-refractivity contribution in [2.24, 2.45) is 0 Å². The Hall–Kier alpha value is -2.19. The molecule has 0 fully saturated rings. The highest BCUT2D eigenvalue weighted by molar-refractivity contribution is 9.10. The van der Waals surface area contributed by atoms with Crippen LogP contribution in [-0.4, -0.2) is 48.1 Å². The lowest BCUT2D eigenvalue weighted by Crippen LogP contribution is -2.34. The number of hydrogen-bond donors (Lipinski definition) is 2. The number of ether oxygens (including phenoxy) is 1. The van der Waals surface area contributed by atoms with Gasteiger partial charge in [-0.1, -0.05) is 0 Å². The number of methoxy groups -OCH3 is 1.